The summed E-state index contributed by atoms with van der Waals surface area (Å²) in [7, 11) is 1.59. The van der Waals surface area contributed by atoms with Gasteiger partial charge in [-0.3, -0.25) is 20.0 Å². The molecular weight excluding hydrogens is 422 g/mol. The van der Waals surface area contributed by atoms with Gasteiger partial charge in [-0.1, -0.05) is 30.3 Å². The number of ether oxygens (including phenoxy) is 2. The van der Waals surface area contributed by atoms with E-state index in [2.05, 4.69) is 20.5 Å². The second-order valence-electron chi connectivity index (χ2n) is 7.79. The zero-order chi connectivity index (χ0) is 23.0. The summed E-state index contributed by atoms with van der Waals surface area (Å²) < 4.78 is 11.0. The molecule has 1 fully saturated rings. The van der Waals surface area contributed by atoms with Crippen LogP contribution in [-0.2, 0) is 9.59 Å². The number of carbonyl (C=O) groups is 2. The molecule has 9 nitrogen and oxygen atoms in total. The highest BCUT2D eigenvalue weighted by Gasteiger charge is 2.29. The molecular formula is C24H27N5O4. The van der Waals surface area contributed by atoms with Crippen LogP contribution in [0.5, 0.6) is 11.5 Å². The van der Waals surface area contributed by atoms with Gasteiger partial charge >= 0.3 is 0 Å². The van der Waals surface area contributed by atoms with Crippen LogP contribution in [0, 0.1) is 5.92 Å². The summed E-state index contributed by atoms with van der Waals surface area (Å²) in [6, 6.07) is 16.8. The summed E-state index contributed by atoms with van der Waals surface area (Å²) >= 11 is 0. The summed E-state index contributed by atoms with van der Waals surface area (Å²) in [5.74, 6) is 1.57. The number of likely N-dealkylation sites (tertiary alicyclic amines) is 1. The fourth-order valence-corrected chi connectivity index (χ4v) is 3.84. The molecule has 1 unspecified atom stereocenters. The van der Waals surface area contributed by atoms with E-state index in [1.54, 1.807) is 12.0 Å². The minimum Gasteiger partial charge on any atom is -0.496 e. The Labute approximate surface area is 192 Å². The Hall–Kier alpha value is -3.88. The molecule has 0 spiro atoms. The molecule has 1 saturated heterocycles. The zero-order valence-corrected chi connectivity index (χ0v) is 18.5. The summed E-state index contributed by atoms with van der Waals surface area (Å²) in [5, 5.41) is 9.71. The van der Waals surface area contributed by atoms with Crippen molar-refractivity contribution in [3.8, 4) is 22.9 Å². The maximum absolute atomic E-state index is 12.8. The first-order chi connectivity index (χ1) is 16.1. The maximum Gasteiger partial charge on any atom is 0.249 e. The lowest BCUT2D eigenvalue weighted by molar-refractivity contribution is -0.135. The van der Waals surface area contributed by atoms with Gasteiger partial charge in [-0.25, -0.2) is 0 Å². The molecule has 0 bridgehead atoms. The molecule has 2 heterocycles. The Morgan fingerprint density at radius 1 is 1.15 bits per heavy atom. The second kappa shape index (κ2) is 10.6. The highest BCUT2D eigenvalue weighted by atomic mass is 16.5. The fourth-order valence-electron chi connectivity index (χ4n) is 3.84. The molecule has 4 rings (SSSR count). The summed E-state index contributed by atoms with van der Waals surface area (Å²) in [6.07, 6.45) is 1.75. The molecule has 1 aliphatic heterocycles. The minimum atomic E-state index is -0.314. The average Bonchev–Trinajstić information content (AvgIpc) is 3.33. The number of H-pyrrole nitrogens is 1. The van der Waals surface area contributed by atoms with E-state index in [9.17, 15) is 9.59 Å². The number of hydrogen-bond donors (Lipinski definition) is 2. The number of aromatic nitrogens is 3. The third-order valence-corrected chi connectivity index (χ3v) is 5.56. The van der Waals surface area contributed by atoms with Crippen LogP contribution in [0.1, 0.15) is 19.3 Å². The van der Waals surface area contributed by atoms with Crippen molar-refractivity contribution in [2.45, 2.75) is 19.3 Å². The van der Waals surface area contributed by atoms with Crippen molar-refractivity contribution in [2.75, 3.05) is 32.1 Å². The minimum absolute atomic E-state index is 0.0141. The fraction of sp³-hybridized carbons (Fsp3) is 0.333. The first-order valence-corrected chi connectivity index (χ1v) is 11.0. The third-order valence-electron chi connectivity index (χ3n) is 5.56. The first kappa shape index (κ1) is 22.3. The van der Waals surface area contributed by atoms with Gasteiger partial charge in [0.25, 0.3) is 0 Å². The standard InChI is InChI=1S/C24H27N5O4/c1-32-20-12-6-5-11-19(20)22-25-24(28-27-22)26-23(31)17-8-7-14-29(16-17)21(30)13-15-33-18-9-3-2-4-10-18/h2-6,9-12,17H,7-8,13-16H2,1H3,(H2,25,26,27,28,31). The van der Waals surface area contributed by atoms with E-state index < -0.39 is 0 Å². The Bertz CT molecular complexity index is 1090. The summed E-state index contributed by atoms with van der Waals surface area (Å²) in [6.45, 7) is 1.32. The highest BCUT2D eigenvalue weighted by molar-refractivity contribution is 5.92. The smallest absolute Gasteiger partial charge is 0.249 e. The monoisotopic (exact) mass is 449 g/mol. The lowest BCUT2D eigenvalue weighted by atomic mass is 9.97. The summed E-state index contributed by atoms with van der Waals surface area (Å²) in [5.41, 5.74) is 0.750. The average molecular weight is 450 g/mol. The highest BCUT2D eigenvalue weighted by Crippen LogP contribution is 2.27. The predicted octanol–water partition coefficient (Wildman–Crippen LogP) is 3.13. The number of benzene rings is 2. The van der Waals surface area contributed by atoms with Gasteiger partial charge in [-0.05, 0) is 37.1 Å². The van der Waals surface area contributed by atoms with E-state index in [1.165, 1.54) is 0 Å². The molecule has 0 saturated carbocycles. The predicted molar refractivity (Wildman–Crippen MR) is 123 cm³/mol. The van der Waals surface area contributed by atoms with E-state index >= 15 is 0 Å². The maximum atomic E-state index is 12.8. The number of aromatic amines is 1. The van der Waals surface area contributed by atoms with Crippen molar-refractivity contribution < 1.29 is 19.1 Å². The van der Waals surface area contributed by atoms with Crippen LogP contribution in [0.3, 0.4) is 0 Å². The van der Waals surface area contributed by atoms with Crippen LogP contribution in [0.2, 0.25) is 0 Å². The van der Waals surface area contributed by atoms with Crippen LogP contribution in [-0.4, -0.2) is 58.7 Å². The van der Waals surface area contributed by atoms with E-state index in [0.29, 0.717) is 37.7 Å². The molecule has 1 atom stereocenters. The van der Waals surface area contributed by atoms with Crippen LogP contribution in [0.4, 0.5) is 5.95 Å². The van der Waals surface area contributed by atoms with Gasteiger partial charge < -0.3 is 14.4 Å². The van der Waals surface area contributed by atoms with Gasteiger partial charge in [0.1, 0.15) is 11.5 Å². The summed E-state index contributed by atoms with van der Waals surface area (Å²) in [4.78, 5) is 31.5. The largest absolute Gasteiger partial charge is 0.496 e. The number of piperidine rings is 1. The van der Waals surface area contributed by atoms with Gasteiger partial charge in [0, 0.05) is 13.1 Å². The Morgan fingerprint density at radius 2 is 1.94 bits per heavy atom. The molecule has 2 amide bonds. The van der Waals surface area contributed by atoms with E-state index in [1.807, 2.05) is 54.6 Å². The molecule has 0 radical (unpaired) electrons. The van der Waals surface area contributed by atoms with Crippen LogP contribution >= 0.6 is 0 Å². The Balaban J connectivity index is 1.30. The number of nitrogens with zero attached hydrogens (tertiary/aromatic N) is 3. The molecule has 2 N–H and O–H groups in total. The van der Waals surface area contributed by atoms with E-state index in [0.717, 1.165) is 17.7 Å². The lowest BCUT2D eigenvalue weighted by Gasteiger charge is -2.31. The second-order valence-corrected chi connectivity index (χ2v) is 7.79. The molecule has 1 aromatic heterocycles. The molecule has 0 aliphatic carbocycles. The molecule has 3 aromatic rings. The SMILES string of the molecule is COc1ccccc1-c1nc(NC(=O)C2CCCN(C(=O)CCOc3ccccc3)C2)n[nH]1. The van der Waals surface area contributed by atoms with Crippen molar-refractivity contribution in [1.29, 1.82) is 0 Å². The van der Waals surface area contributed by atoms with Crippen LogP contribution < -0.4 is 14.8 Å². The van der Waals surface area contributed by atoms with Gasteiger partial charge in [0.15, 0.2) is 5.82 Å². The molecule has 172 valence electrons. The van der Waals surface area contributed by atoms with Gasteiger partial charge in [-0.2, -0.15) is 4.98 Å². The molecule has 9 heteroatoms. The van der Waals surface area contributed by atoms with Crippen molar-refractivity contribution in [3.05, 3.63) is 54.6 Å². The number of rotatable bonds is 8. The number of hydrogen-bond acceptors (Lipinski definition) is 6. The van der Waals surface area contributed by atoms with Gasteiger partial charge in [-0.15, -0.1) is 5.10 Å². The number of nitrogens with one attached hydrogen (secondary N) is 2. The topological polar surface area (TPSA) is 109 Å². The lowest BCUT2D eigenvalue weighted by Crippen LogP contribution is -2.44. The van der Waals surface area contributed by atoms with Gasteiger partial charge in [0.2, 0.25) is 17.8 Å². The number of para-hydroxylation sites is 2. The van der Waals surface area contributed by atoms with Crippen LogP contribution in [0.15, 0.2) is 54.6 Å². The van der Waals surface area contributed by atoms with Crippen molar-refractivity contribution in [3.63, 3.8) is 0 Å². The number of anilines is 1. The Morgan fingerprint density at radius 3 is 2.76 bits per heavy atom. The number of methoxy groups -OCH3 is 1. The molecule has 2 aromatic carbocycles. The van der Waals surface area contributed by atoms with Crippen molar-refractivity contribution in [1.82, 2.24) is 20.1 Å². The molecule has 33 heavy (non-hydrogen) atoms. The Kier molecular flexibility index (Phi) is 7.19. The first-order valence-electron chi connectivity index (χ1n) is 11.0. The van der Waals surface area contributed by atoms with Crippen molar-refractivity contribution in [2.24, 2.45) is 5.92 Å². The van der Waals surface area contributed by atoms with Crippen molar-refractivity contribution >= 4 is 17.8 Å². The van der Waals surface area contributed by atoms with E-state index in [-0.39, 0.29) is 30.1 Å². The third kappa shape index (κ3) is 5.68. The number of carbonyl (C=O) groups excluding carboxylic acids is 2. The molecule has 1 aliphatic rings. The zero-order valence-electron chi connectivity index (χ0n) is 18.5. The number of amides is 2. The quantitative estimate of drug-likeness (QED) is 0.547. The van der Waals surface area contributed by atoms with Crippen LogP contribution in [0.25, 0.3) is 11.4 Å². The van der Waals surface area contributed by atoms with Gasteiger partial charge in [0.05, 0.1) is 31.6 Å². The van der Waals surface area contributed by atoms with E-state index in [4.69, 9.17) is 9.47 Å². The normalized spacial score (nSPS) is 15.7.